The Morgan fingerprint density at radius 1 is 0.963 bits per heavy atom. The molecule has 0 radical (unpaired) electrons. The van der Waals surface area contributed by atoms with E-state index in [1.165, 1.54) is 59.2 Å². The van der Waals surface area contributed by atoms with Crippen LogP contribution in [0.2, 0.25) is 0 Å². The Morgan fingerprint density at radius 3 is 2.59 bits per heavy atom. The lowest BCUT2D eigenvalue weighted by Crippen LogP contribution is -2.37. The van der Waals surface area contributed by atoms with Gasteiger partial charge in [0.05, 0.1) is 18.2 Å². The zero-order chi connectivity index (χ0) is 18.5. The molecule has 5 rings (SSSR count). The smallest absolute Gasteiger partial charge is 0.229 e. The summed E-state index contributed by atoms with van der Waals surface area (Å²) >= 11 is 0. The fourth-order valence-corrected chi connectivity index (χ4v) is 5.10. The van der Waals surface area contributed by atoms with Crippen molar-refractivity contribution >= 4 is 0 Å². The van der Waals surface area contributed by atoms with Crippen molar-refractivity contribution < 1.29 is 4.57 Å². The molecule has 2 heteroatoms. The topological polar surface area (TPSA) is 16.8 Å². The van der Waals surface area contributed by atoms with Crippen LogP contribution < -0.4 is 4.57 Å². The number of rotatable bonds is 2. The van der Waals surface area contributed by atoms with Gasteiger partial charge in [-0.1, -0.05) is 48.7 Å². The molecule has 2 aliphatic carbocycles. The number of aryl methyl sites for hydroxylation is 2. The summed E-state index contributed by atoms with van der Waals surface area (Å²) in [5.74, 6) is 1.83. The monoisotopic (exact) mass is 355 g/mol. The first-order valence-corrected chi connectivity index (χ1v) is 10.2. The van der Waals surface area contributed by atoms with E-state index in [4.69, 9.17) is 4.98 Å². The van der Waals surface area contributed by atoms with Crippen LogP contribution in [0.3, 0.4) is 0 Å². The molecule has 2 aromatic carbocycles. The summed E-state index contributed by atoms with van der Waals surface area (Å²) < 4.78 is 2.33. The molecular formula is C25H27N2+. The third-order valence-corrected chi connectivity index (χ3v) is 6.63. The van der Waals surface area contributed by atoms with E-state index in [1.807, 2.05) is 0 Å². The van der Waals surface area contributed by atoms with Crippen molar-refractivity contribution in [2.45, 2.75) is 51.9 Å². The molecule has 1 saturated carbocycles. The standard InChI is InChI=1S/C25H27N2/c1-16-11-12-17(2)21(13-16)25-26-15-23-20-10-6-9-19(18-7-4-5-8-18)22(20)14-24(23)27(25)3/h6,9-13,15,18H,4-5,7-8,14H2,1-3H3/q+1. The highest BCUT2D eigenvalue weighted by atomic mass is 15.0. The fourth-order valence-electron chi connectivity index (χ4n) is 5.10. The SMILES string of the molecule is Cc1ccc(C)c(-c2ncc3c([n+]2C)Cc2c-3cccc2C2CCCC2)c1. The van der Waals surface area contributed by atoms with Crippen molar-refractivity contribution in [3.63, 3.8) is 0 Å². The molecule has 0 unspecified atom stereocenters. The Hall–Kier alpha value is -2.48. The molecule has 27 heavy (non-hydrogen) atoms. The van der Waals surface area contributed by atoms with Gasteiger partial charge in [0, 0.05) is 6.42 Å². The molecule has 0 atom stereocenters. The first-order valence-electron chi connectivity index (χ1n) is 10.2. The first kappa shape index (κ1) is 16.7. The third kappa shape index (κ3) is 2.62. The van der Waals surface area contributed by atoms with Gasteiger partial charge in [0.15, 0.2) is 6.20 Å². The highest BCUT2D eigenvalue weighted by Crippen LogP contribution is 2.43. The Kier molecular flexibility index (Phi) is 3.89. The summed E-state index contributed by atoms with van der Waals surface area (Å²) in [5, 5.41) is 0. The van der Waals surface area contributed by atoms with Crippen molar-refractivity contribution in [1.29, 1.82) is 0 Å². The van der Waals surface area contributed by atoms with Crippen molar-refractivity contribution in [2.75, 3.05) is 0 Å². The minimum Gasteiger partial charge on any atom is -0.229 e. The lowest BCUT2D eigenvalue weighted by Gasteiger charge is -2.14. The van der Waals surface area contributed by atoms with Gasteiger partial charge in [0.1, 0.15) is 5.69 Å². The van der Waals surface area contributed by atoms with Gasteiger partial charge in [-0.2, -0.15) is 0 Å². The predicted octanol–water partition coefficient (Wildman–Crippen LogP) is 5.42. The minimum absolute atomic E-state index is 0.756. The summed E-state index contributed by atoms with van der Waals surface area (Å²) in [6, 6.07) is 13.6. The van der Waals surface area contributed by atoms with E-state index < -0.39 is 0 Å². The molecule has 136 valence electrons. The van der Waals surface area contributed by atoms with Crippen molar-refractivity contribution in [1.82, 2.24) is 4.98 Å². The van der Waals surface area contributed by atoms with E-state index in [0.29, 0.717) is 0 Å². The molecule has 0 aliphatic heterocycles. The maximum absolute atomic E-state index is 4.91. The van der Waals surface area contributed by atoms with Crippen LogP contribution in [0.4, 0.5) is 0 Å². The zero-order valence-electron chi connectivity index (χ0n) is 16.5. The van der Waals surface area contributed by atoms with Crippen LogP contribution in [0.1, 0.15) is 59.5 Å². The van der Waals surface area contributed by atoms with Crippen LogP contribution in [-0.2, 0) is 13.5 Å². The summed E-state index contributed by atoms with van der Waals surface area (Å²) in [6.45, 7) is 4.33. The van der Waals surface area contributed by atoms with E-state index in [-0.39, 0.29) is 0 Å². The maximum atomic E-state index is 4.91. The summed E-state index contributed by atoms with van der Waals surface area (Å²) in [7, 11) is 2.18. The van der Waals surface area contributed by atoms with E-state index in [1.54, 1.807) is 11.1 Å². The Morgan fingerprint density at radius 2 is 1.78 bits per heavy atom. The molecule has 0 N–H and O–H groups in total. The summed E-state index contributed by atoms with van der Waals surface area (Å²) in [6.07, 6.45) is 8.61. The van der Waals surface area contributed by atoms with E-state index >= 15 is 0 Å². The molecular weight excluding hydrogens is 328 g/mol. The number of aromatic nitrogens is 2. The van der Waals surface area contributed by atoms with Crippen molar-refractivity contribution in [3.8, 4) is 22.5 Å². The van der Waals surface area contributed by atoms with Gasteiger partial charge in [-0.15, -0.1) is 0 Å². The number of nitrogens with zero attached hydrogens (tertiary/aromatic N) is 2. The van der Waals surface area contributed by atoms with E-state index in [9.17, 15) is 0 Å². The van der Waals surface area contributed by atoms with Gasteiger partial charge < -0.3 is 0 Å². The maximum Gasteiger partial charge on any atom is 0.330 e. The second kappa shape index (κ2) is 6.30. The molecule has 0 bridgehead atoms. The van der Waals surface area contributed by atoms with Crippen LogP contribution in [0.15, 0.2) is 42.6 Å². The van der Waals surface area contributed by atoms with Gasteiger partial charge >= 0.3 is 5.82 Å². The van der Waals surface area contributed by atoms with Gasteiger partial charge in [-0.05, 0) is 65.9 Å². The normalized spacial score (nSPS) is 15.8. The molecule has 0 amide bonds. The summed E-state index contributed by atoms with van der Waals surface area (Å²) in [4.78, 5) is 4.91. The molecule has 2 nitrogen and oxygen atoms in total. The predicted molar refractivity (Wildman–Crippen MR) is 110 cm³/mol. The second-order valence-corrected chi connectivity index (χ2v) is 8.35. The Labute approximate surface area is 161 Å². The minimum atomic E-state index is 0.756. The quantitative estimate of drug-likeness (QED) is 0.439. The molecule has 3 aromatic rings. The van der Waals surface area contributed by atoms with Gasteiger partial charge in [0.25, 0.3) is 0 Å². The van der Waals surface area contributed by atoms with Crippen molar-refractivity contribution in [3.05, 3.63) is 70.5 Å². The first-order chi connectivity index (χ1) is 13.1. The zero-order valence-corrected chi connectivity index (χ0v) is 16.5. The largest absolute Gasteiger partial charge is 0.330 e. The summed E-state index contributed by atoms with van der Waals surface area (Å²) in [5.41, 5.74) is 11.1. The average Bonchev–Trinajstić information content (AvgIpc) is 3.32. The number of fused-ring (bicyclic) bond motifs is 3. The Bertz CT molecular complexity index is 1040. The van der Waals surface area contributed by atoms with Crippen LogP contribution in [-0.4, -0.2) is 4.98 Å². The molecule has 1 heterocycles. The van der Waals surface area contributed by atoms with Gasteiger partial charge in [0.2, 0.25) is 0 Å². The highest BCUT2D eigenvalue weighted by Gasteiger charge is 2.32. The lowest BCUT2D eigenvalue weighted by molar-refractivity contribution is -0.669. The molecule has 0 saturated heterocycles. The van der Waals surface area contributed by atoms with Crippen molar-refractivity contribution in [2.24, 2.45) is 7.05 Å². The average molecular weight is 356 g/mol. The molecule has 0 spiro atoms. The Balaban J connectivity index is 1.63. The molecule has 1 fully saturated rings. The van der Waals surface area contributed by atoms with Crippen LogP contribution >= 0.6 is 0 Å². The highest BCUT2D eigenvalue weighted by molar-refractivity contribution is 5.76. The van der Waals surface area contributed by atoms with Gasteiger partial charge in [-0.3, -0.25) is 0 Å². The lowest BCUT2D eigenvalue weighted by atomic mass is 9.90. The molecule has 2 aliphatic rings. The van der Waals surface area contributed by atoms with Crippen LogP contribution in [0, 0.1) is 13.8 Å². The fraction of sp³-hybridized carbons (Fsp3) is 0.360. The van der Waals surface area contributed by atoms with E-state index in [0.717, 1.165) is 18.2 Å². The molecule has 1 aromatic heterocycles. The van der Waals surface area contributed by atoms with Gasteiger partial charge in [-0.25, -0.2) is 4.57 Å². The number of benzene rings is 2. The number of hydrogen-bond acceptors (Lipinski definition) is 1. The van der Waals surface area contributed by atoms with Crippen LogP contribution in [0.5, 0.6) is 0 Å². The number of hydrogen-bond donors (Lipinski definition) is 0. The third-order valence-electron chi connectivity index (χ3n) is 6.63. The second-order valence-electron chi connectivity index (χ2n) is 8.35. The van der Waals surface area contributed by atoms with E-state index in [2.05, 4.69) is 68.1 Å². The van der Waals surface area contributed by atoms with Crippen LogP contribution in [0.25, 0.3) is 22.5 Å².